The van der Waals surface area contributed by atoms with Crippen molar-refractivity contribution in [3.05, 3.63) is 47.4 Å². The largest absolute Gasteiger partial charge is 0.516 e. The molecule has 3 aromatic rings. The number of hydrogen-bond donors (Lipinski definition) is 3. The first-order valence-electron chi connectivity index (χ1n) is 9.17. The normalized spacial score (nSPS) is 14.5. The Bertz CT molecular complexity index is 1320. The number of halogens is 5. The Balaban J connectivity index is 1.76. The Labute approximate surface area is 177 Å². The third-order valence-electron chi connectivity index (χ3n) is 4.84. The Kier molecular flexibility index (Phi) is 5.27. The Morgan fingerprint density at radius 3 is 2.56 bits per heavy atom. The summed E-state index contributed by atoms with van der Waals surface area (Å²) in [7, 11) is -5.99. The molecule has 0 saturated heterocycles. The molecular formula is C18H14F5N5O3S. The number of anilines is 2. The van der Waals surface area contributed by atoms with Gasteiger partial charge in [-0.2, -0.15) is 21.6 Å². The SMILES string of the molecule is O=C(c1c(F)ccc(NS(=O)(=O)C(F)(F)F)c1F)c1c[nH]c2ncnc(NCC3CC3)c12. The van der Waals surface area contributed by atoms with Gasteiger partial charge in [-0.1, -0.05) is 0 Å². The number of sulfonamides is 1. The molecule has 2 heterocycles. The number of aromatic nitrogens is 3. The van der Waals surface area contributed by atoms with Crippen LogP contribution in [0.2, 0.25) is 0 Å². The van der Waals surface area contributed by atoms with E-state index in [1.54, 1.807) is 0 Å². The highest BCUT2D eigenvalue weighted by Gasteiger charge is 2.46. The van der Waals surface area contributed by atoms with Crippen molar-refractivity contribution < 1.29 is 35.2 Å². The number of nitrogens with zero attached hydrogens (tertiary/aromatic N) is 2. The molecule has 0 amide bonds. The van der Waals surface area contributed by atoms with Crippen LogP contribution in [0, 0.1) is 17.6 Å². The van der Waals surface area contributed by atoms with Crippen molar-refractivity contribution in [1.29, 1.82) is 0 Å². The number of nitrogens with one attached hydrogen (secondary N) is 3. The summed E-state index contributed by atoms with van der Waals surface area (Å²) in [6.07, 6.45) is 4.40. The van der Waals surface area contributed by atoms with Gasteiger partial charge in [0, 0.05) is 12.7 Å². The number of H-pyrrole nitrogens is 1. The zero-order valence-corrected chi connectivity index (χ0v) is 16.7. The summed E-state index contributed by atoms with van der Waals surface area (Å²) in [5.41, 5.74) is -8.25. The van der Waals surface area contributed by atoms with Gasteiger partial charge in [0.1, 0.15) is 23.6 Å². The van der Waals surface area contributed by atoms with Crippen molar-refractivity contribution in [2.24, 2.45) is 5.92 Å². The van der Waals surface area contributed by atoms with Crippen LogP contribution in [0.5, 0.6) is 0 Å². The van der Waals surface area contributed by atoms with Crippen LogP contribution in [0.1, 0.15) is 28.8 Å². The number of rotatable bonds is 7. The number of hydrogen-bond acceptors (Lipinski definition) is 6. The van der Waals surface area contributed by atoms with Crippen LogP contribution >= 0.6 is 0 Å². The summed E-state index contributed by atoms with van der Waals surface area (Å²) in [5.74, 6) is -3.74. The molecule has 4 rings (SSSR count). The molecule has 170 valence electrons. The molecule has 3 N–H and O–H groups in total. The molecule has 1 fully saturated rings. The summed E-state index contributed by atoms with van der Waals surface area (Å²) in [5, 5.41) is 3.18. The maximum absolute atomic E-state index is 14.8. The van der Waals surface area contributed by atoms with E-state index in [-0.39, 0.29) is 22.4 Å². The quantitative estimate of drug-likeness (QED) is 0.356. The lowest BCUT2D eigenvalue weighted by molar-refractivity contribution is -0.0429. The van der Waals surface area contributed by atoms with Crippen LogP contribution < -0.4 is 10.0 Å². The van der Waals surface area contributed by atoms with Crippen molar-refractivity contribution in [2.75, 3.05) is 16.6 Å². The van der Waals surface area contributed by atoms with Gasteiger partial charge in [-0.15, -0.1) is 0 Å². The molecular weight excluding hydrogens is 461 g/mol. The minimum Gasteiger partial charge on any atom is -0.369 e. The predicted octanol–water partition coefficient (Wildman–Crippen LogP) is 3.55. The summed E-state index contributed by atoms with van der Waals surface area (Å²) in [4.78, 5) is 23.7. The first-order valence-corrected chi connectivity index (χ1v) is 10.7. The summed E-state index contributed by atoms with van der Waals surface area (Å²) in [6.45, 7) is 0.558. The fourth-order valence-corrected chi connectivity index (χ4v) is 3.58. The molecule has 1 aromatic carbocycles. The van der Waals surface area contributed by atoms with Gasteiger partial charge in [0.25, 0.3) is 0 Å². The molecule has 1 saturated carbocycles. The van der Waals surface area contributed by atoms with Crippen LogP contribution in [0.3, 0.4) is 0 Å². The van der Waals surface area contributed by atoms with E-state index in [0.717, 1.165) is 23.8 Å². The highest BCUT2D eigenvalue weighted by atomic mass is 32.2. The molecule has 1 aliphatic rings. The third-order valence-corrected chi connectivity index (χ3v) is 5.93. The van der Waals surface area contributed by atoms with Crippen molar-refractivity contribution in [3.63, 3.8) is 0 Å². The lowest BCUT2D eigenvalue weighted by atomic mass is 10.0. The highest BCUT2D eigenvalue weighted by Crippen LogP contribution is 2.33. The minimum absolute atomic E-state index is 0.137. The van der Waals surface area contributed by atoms with E-state index in [4.69, 9.17) is 0 Å². The van der Waals surface area contributed by atoms with Crippen LogP contribution in [-0.2, 0) is 10.0 Å². The number of fused-ring (bicyclic) bond motifs is 1. The Hall–Kier alpha value is -3.29. The van der Waals surface area contributed by atoms with E-state index in [9.17, 15) is 35.2 Å². The van der Waals surface area contributed by atoms with E-state index in [1.807, 2.05) is 0 Å². The van der Waals surface area contributed by atoms with E-state index >= 15 is 0 Å². The fraction of sp³-hybridized carbons (Fsp3) is 0.278. The molecule has 0 bridgehead atoms. The van der Waals surface area contributed by atoms with Crippen molar-refractivity contribution in [3.8, 4) is 0 Å². The minimum atomic E-state index is -5.99. The van der Waals surface area contributed by atoms with Gasteiger partial charge in [-0.05, 0) is 30.9 Å². The standard InChI is InChI=1S/C18H14F5N5O3S/c19-10-3-4-11(28-32(30,31)18(21,22)23)14(20)13(10)15(29)9-6-25-17-12(9)16(26-7-27-17)24-5-8-1-2-8/h3-4,6-8,28H,1-2,5H2,(H2,24,25,26,27). The van der Waals surface area contributed by atoms with Gasteiger partial charge >= 0.3 is 15.5 Å². The molecule has 0 aliphatic heterocycles. The van der Waals surface area contributed by atoms with Crippen molar-refractivity contribution in [1.82, 2.24) is 15.0 Å². The van der Waals surface area contributed by atoms with E-state index < -0.39 is 44.2 Å². The van der Waals surface area contributed by atoms with E-state index in [0.29, 0.717) is 24.6 Å². The zero-order valence-electron chi connectivity index (χ0n) is 15.9. The van der Waals surface area contributed by atoms with Gasteiger partial charge in [0.2, 0.25) is 5.78 Å². The lowest BCUT2D eigenvalue weighted by Crippen LogP contribution is -2.30. The Morgan fingerprint density at radius 2 is 1.91 bits per heavy atom. The van der Waals surface area contributed by atoms with Gasteiger partial charge in [0.05, 0.1) is 22.2 Å². The second kappa shape index (κ2) is 7.69. The van der Waals surface area contributed by atoms with E-state index in [1.165, 1.54) is 6.33 Å². The first-order chi connectivity index (χ1) is 15.0. The van der Waals surface area contributed by atoms with Crippen LogP contribution in [-0.4, -0.2) is 41.2 Å². The summed E-state index contributed by atoms with van der Waals surface area (Å²) in [6, 6.07) is 0.938. The average Bonchev–Trinajstić information content (AvgIpc) is 3.44. The average molecular weight is 475 g/mol. The van der Waals surface area contributed by atoms with E-state index in [2.05, 4.69) is 20.3 Å². The molecule has 0 radical (unpaired) electrons. The number of benzene rings is 1. The number of alkyl halides is 3. The predicted molar refractivity (Wildman–Crippen MR) is 103 cm³/mol. The van der Waals surface area contributed by atoms with Crippen LogP contribution in [0.25, 0.3) is 11.0 Å². The number of carbonyl (C=O) groups is 1. The number of aromatic amines is 1. The highest BCUT2D eigenvalue weighted by molar-refractivity contribution is 7.93. The second-order valence-corrected chi connectivity index (χ2v) is 8.81. The molecule has 0 atom stereocenters. The fourth-order valence-electron chi connectivity index (χ4n) is 3.02. The smallest absolute Gasteiger partial charge is 0.369 e. The van der Waals surface area contributed by atoms with Gasteiger partial charge < -0.3 is 10.3 Å². The molecule has 14 heteroatoms. The number of ketones is 1. The molecule has 8 nitrogen and oxygen atoms in total. The van der Waals surface area contributed by atoms with Crippen molar-refractivity contribution >= 4 is 38.3 Å². The summed E-state index contributed by atoms with van der Waals surface area (Å²) < 4.78 is 90.7. The Morgan fingerprint density at radius 1 is 1.19 bits per heavy atom. The monoisotopic (exact) mass is 475 g/mol. The molecule has 0 unspecified atom stereocenters. The third kappa shape index (κ3) is 3.97. The van der Waals surface area contributed by atoms with Gasteiger partial charge in [-0.25, -0.2) is 18.7 Å². The maximum Gasteiger partial charge on any atom is 0.516 e. The molecule has 1 aliphatic carbocycles. The second-order valence-electron chi connectivity index (χ2n) is 7.14. The van der Waals surface area contributed by atoms with Crippen LogP contribution in [0.4, 0.5) is 33.5 Å². The first kappa shape index (κ1) is 21.9. The van der Waals surface area contributed by atoms with Gasteiger partial charge in [-0.3, -0.25) is 9.52 Å². The van der Waals surface area contributed by atoms with Crippen molar-refractivity contribution in [2.45, 2.75) is 18.3 Å². The maximum atomic E-state index is 14.8. The van der Waals surface area contributed by atoms with Crippen LogP contribution in [0.15, 0.2) is 24.7 Å². The molecule has 0 spiro atoms. The lowest BCUT2D eigenvalue weighted by Gasteiger charge is -2.13. The number of carbonyl (C=O) groups excluding carboxylic acids is 1. The zero-order chi connectivity index (χ0) is 23.3. The van der Waals surface area contributed by atoms with Gasteiger partial charge in [0.15, 0.2) is 5.82 Å². The summed E-state index contributed by atoms with van der Waals surface area (Å²) >= 11 is 0. The topological polar surface area (TPSA) is 117 Å². The molecule has 2 aromatic heterocycles. The molecule has 32 heavy (non-hydrogen) atoms.